The van der Waals surface area contributed by atoms with Crippen LogP contribution < -0.4 is 15.2 Å². The van der Waals surface area contributed by atoms with Crippen molar-refractivity contribution >= 4 is 43.3 Å². The minimum Gasteiger partial charge on any atom is -0.495 e. The van der Waals surface area contributed by atoms with E-state index in [9.17, 15) is 4.79 Å². The van der Waals surface area contributed by atoms with E-state index in [-0.39, 0.29) is 5.78 Å². The van der Waals surface area contributed by atoms with Crippen LogP contribution >= 0.6 is 31.9 Å². The number of benzene rings is 2. The first-order valence-electron chi connectivity index (χ1n) is 5.99. The number of nitrogens with two attached hydrogens (primary N) is 1. The Bertz CT molecular complexity index is 702. The Morgan fingerprint density at radius 3 is 2.29 bits per heavy atom. The van der Waals surface area contributed by atoms with E-state index in [1.54, 1.807) is 37.4 Å². The number of rotatable bonds is 4. The molecule has 0 unspecified atom stereocenters. The molecule has 2 N–H and O–H groups in total. The molecule has 0 saturated carbocycles. The minimum atomic E-state index is -0.208. The average Bonchev–Trinajstić information content (AvgIpc) is 2.46. The van der Waals surface area contributed by atoms with E-state index in [0.717, 1.165) is 4.47 Å². The van der Waals surface area contributed by atoms with E-state index in [2.05, 4.69) is 31.9 Å². The van der Waals surface area contributed by atoms with Gasteiger partial charge in [-0.2, -0.15) is 0 Å². The number of nitrogen functional groups attached to an aromatic ring is 1. The number of methoxy groups -OCH3 is 2. The maximum atomic E-state index is 12.7. The SMILES string of the molecule is COc1ccc(C(=O)c2ccc(Br)cc2N)c(OC)c1Br. The molecule has 0 aromatic heterocycles. The fourth-order valence-electron chi connectivity index (χ4n) is 1.96. The van der Waals surface area contributed by atoms with Crippen molar-refractivity contribution < 1.29 is 14.3 Å². The van der Waals surface area contributed by atoms with Crippen LogP contribution in [0.15, 0.2) is 39.3 Å². The Morgan fingerprint density at radius 1 is 1.05 bits per heavy atom. The fraction of sp³-hybridized carbons (Fsp3) is 0.133. The predicted molar refractivity (Wildman–Crippen MR) is 89.2 cm³/mol. The van der Waals surface area contributed by atoms with Crippen LogP contribution in [0.3, 0.4) is 0 Å². The van der Waals surface area contributed by atoms with Crippen molar-refractivity contribution in [1.29, 1.82) is 0 Å². The first-order valence-corrected chi connectivity index (χ1v) is 7.58. The summed E-state index contributed by atoms with van der Waals surface area (Å²) >= 11 is 6.70. The third kappa shape index (κ3) is 3.06. The number of halogens is 2. The monoisotopic (exact) mass is 413 g/mol. The Hall–Kier alpha value is -1.53. The number of hydrogen-bond acceptors (Lipinski definition) is 4. The first kappa shape index (κ1) is 15.9. The van der Waals surface area contributed by atoms with Crippen LogP contribution in [0.2, 0.25) is 0 Å². The molecule has 4 nitrogen and oxygen atoms in total. The van der Waals surface area contributed by atoms with Crippen LogP contribution in [0.5, 0.6) is 11.5 Å². The third-order valence-corrected chi connectivity index (χ3v) is 4.23. The lowest BCUT2D eigenvalue weighted by atomic mass is 10.0. The van der Waals surface area contributed by atoms with E-state index >= 15 is 0 Å². The van der Waals surface area contributed by atoms with Crippen LogP contribution in [-0.2, 0) is 0 Å². The molecule has 0 saturated heterocycles. The van der Waals surface area contributed by atoms with Gasteiger partial charge < -0.3 is 15.2 Å². The zero-order valence-corrected chi connectivity index (χ0v) is 14.6. The summed E-state index contributed by atoms with van der Waals surface area (Å²) in [4.78, 5) is 12.7. The highest BCUT2D eigenvalue weighted by Gasteiger charge is 2.21. The van der Waals surface area contributed by atoms with Gasteiger partial charge in [0.05, 0.1) is 19.8 Å². The molecule has 0 atom stereocenters. The Kier molecular flexibility index (Phi) is 4.90. The summed E-state index contributed by atoms with van der Waals surface area (Å²) < 4.78 is 11.9. The van der Waals surface area contributed by atoms with Crippen molar-refractivity contribution in [2.45, 2.75) is 0 Å². The van der Waals surface area contributed by atoms with Gasteiger partial charge in [-0.3, -0.25) is 4.79 Å². The number of ketones is 1. The molecule has 110 valence electrons. The van der Waals surface area contributed by atoms with Crippen LogP contribution in [0.25, 0.3) is 0 Å². The van der Waals surface area contributed by atoms with E-state index < -0.39 is 0 Å². The summed E-state index contributed by atoms with van der Waals surface area (Å²) in [6.07, 6.45) is 0. The predicted octanol–water partition coefficient (Wildman–Crippen LogP) is 4.04. The van der Waals surface area contributed by atoms with Crippen LogP contribution in [0.4, 0.5) is 5.69 Å². The highest BCUT2D eigenvalue weighted by molar-refractivity contribution is 9.11. The van der Waals surface area contributed by atoms with Gasteiger partial charge >= 0.3 is 0 Å². The number of anilines is 1. The van der Waals surface area contributed by atoms with Gasteiger partial charge in [-0.15, -0.1) is 0 Å². The summed E-state index contributed by atoms with van der Waals surface area (Å²) in [7, 11) is 3.05. The van der Waals surface area contributed by atoms with Gasteiger partial charge in [-0.1, -0.05) is 15.9 Å². The normalized spacial score (nSPS) is 10.3. The molecule has 0 heterocycles. The standard InChI is InChI=1S/C15H13Br2NO3/c1-20-12-6-5-10(15(21-2)13(12)17)14(19)9-4-3-8(16)7-11(9)18/h3-7H,18H2,1-2H3. The average molecular weight is 415 g/mol. The molecule has 6 heteroatoms. The summed E-state index contributed by atoms with van der Waals surface area (Å²) in [5, 5.41) is 0. The first-order chi connectivity index (χ1) is 9.99. The molecule has 0 spiro atoms. The zero-order chi connectivity index (χ0) is 15.6. The summed E-state index contributed by atoms with van der Waals surface area (Å²) in [5.74, 6) is 0.800. The van der Waals surface area contributed by atoms with Crippen molar-refractivity contribution in [3.05, 3.63) is 50.4 Å². The molecule has 2 aromatic rings. The quantitative estimate of drug-likeness (QED) is 0.605. The largest absolute Gasteiger partial charge is 0.495 e. The van der Waals surface area contributed by atoms with Gasteiger partial charge in [-0.25, -0.2) is 0 Å². The van der Waals surface area contributed by atoms with Gasteiger partial charge in [0.25, 0.3) is 0 Å². The van der Waals surface area contributed by atoms with Gasteiger partial charge in [0.15, 0.2) is 5.78 Å². The number of carbonyl (C=O) groups is 1. The molecular formula is C15H13Br2NO3. The topological polar surface area (TPSA) is 61.5 Å². The van der Waals surface area contributed by atoms with Crippen molar-refractivity contribution in [3.8, 4) is 11.5 Å². The van der Waals surface area contributed by atoms with Crippen molar-refractivity contribution in [2.75, 3.05) is 20.0 Å². The minimum absolute atomic E-state index is 0.208. The van der Waals surface area contributed by atoms with Crippen LogP contribution in [0, 0.1) is 0 Å². The highest BCUT2D eigenvalue weighted by atomic mass is 79.9. The van der Waals surface area contributed by atoms with Crippen molar-refractivity contribution in [3.63, 3.8) is 0 Å². The number of ether oxygens (including phenoxy) is 2. The molecule has 0 aliphatic carbocycles. The molecule has 2 aromatic carbocycles. The van der Waals surface area contributed by atoms with Crippen LogP contribution in [-0.4, -0.2) is 20.0 Å². The maximum Gasteiger partial charge on any atom is 0.198 e. The van der Waals surface area contributed by atoms with E-state index in [1.165, 1.54) is 7.11 Å². The molecule has 0 fully saturated rings. The van der Waals surface area contributed by atoms with Crippen molar-refractivity contribution in [2.24, 2.45) is 0 Å². The highest BCUT2D eigenvalue weighted by Crippen LogP contribution is 2.38. The number of hydrogen-bond donors (Lipinski definition) is 1. The van der Waals surface area contributed by atoms with Gasteiger partial charge in [0.1, 0.15) is 16.0 Å². The lowest BCUT2D eigenvalue weighted by Crippen LogP contribution is -2.08. The van der Waals surface area contributed by atoms with Gasteiger partial charge in [-0.05, 0) is 46.3 Å². The molecular weight excluding hydrogens is 402 g/mol. The lowest BCUT2D eigenvalue weighted by molar-refractivity contribution is 0.103. The van der Waals surface area contributed by atoms with E-state index in [1.807, 2.05) is 0 Å². The second-order valence-corrected chi connectivity index (χ2v) is 5.93. The lowest BCUT2D eigenvalue weighted by Gasteiger charge is -2.13. The van der Waals surface area contributed by atoms with E-state index in [4.69, 9.17) is 15.2 Å². The molecule has 0 amide bonds. The molecule has 2 rings (SSSR count). The summed E-state index contributed by atoms with van der Waals surface area (Å²) in [5.41, 5.74) is 7.16. The zero-order valence-electron chi connectivity index (χ0n) is 11.4. The van der Waals surface area contributed by atoms with Gasteiger partial charge in [0.2, 0.25) is 0 Å². The Balaban J connectivity index is 2.55. The fourth-order valence-corrected chi connectivity index (χ4v) is 3.01. The molecule has 0 bridgehead atoms. The van der Waals surface area contributed by atoms with E-state index in [0.29, 0.717) is 32.8 Å². The second-order valence-electron chi connectivity index (χ2n) is 4.22. The number of carbonyl (C=O) groups excluding carboxylic acids is 1. The second kappa shape index (κ2) is 6.49. The molecule has 0 aliphatic rings. The molecule has 0 radical (unpaired) electrons. The van der Waals surface area contributed by atoms with Crippen LogP contribution in [0.1, 0.15) is 15.9 Å². The van der Waals surface area contributed by atoms with Gasteiger partial charge in [0, 0.05) is 15.7 Å². The Morgan fingerprint density at radius 2 is 1.71 bits per heavy atom. The Labute approximate surface area is 139 Å². The molecule has 21 heavy (non-hydrogen) atoms. The van der Waals surface area contributed by atoms with Crippen molar-refractivity contribution in [1.82, 2.24) is 0 Å². The smallest absolute Gasteiger partial charge is 0.198 e. The molecule has 0 aliphatic heterocycles. The maximum absolute atomic E-state index is 12.7. The summed E-state index contributed by atoms with van der Waals surface area (Å²) in [6, 6.07) is 8.51. The summed E-state index contributed by atoms with van der Waals surface area (Å²) in [6.45, 7) is 0. The third-order valence-electron chi connectivity index (χ3n) is 2.99.